The molecule has 0 saturated carbocycles. The van der Waals surface area contributed by atoms with E-state index in [1.54, 1.807) is 30.7 Å². The van der Waals surface area contributed by atoms with Crippen molar-refractivity contribution in [3.8, 4) is 22.5 Å². The van der Waals surface area contributed by atoms with Crippen molar-refractivity contribution in [1.82, 2.24) is 19.1 Å². The van der Waals surface area contributed by atoms with Gasteiger partial charge in [0.2, 0.25) is 0 Å². The van der Waals surface area contributed by atoms with E-state index in [0.717, 1.165) is 47.0 Å². The molecule has 0 saturated heterocycles. The van der Waals surface area contributed by atoms with Crippen molar-refractivity contribution in [2.45, 2.75) is 0 Å². The summed E-state index contributed by atoms with van der Waals surface area (Å²) in [4.78, 5) is 8.15. The first-order valence-corrected chi connectivity index (χ1v) is 20.1. The smallest absolute Gasteiger partial charge is 0.488 e. The Bertz CT molecular complexity index is 2830. The summed E-state index contributed by atoms with van der Waals surface area (Å²) in [7, 11) is -1.44. The monoisotopic (exact) mass is 936 g/mol. The van der Waals surface area contributed by atoms with E-state index in [9.17, 15) is 10.0 Å². The summed E-state index contributed by atoms with van der Waals surface area (Å²) in [5.74, 6) is 0. The van der Waals surface area contributed by atoms with Gasteiger partial charge in [0.1, 0.15) is 0 Å². The lowest BCUT2D eigenvalue weighted by Gasteiger charge is -2.09. The Hall–Kier alpha value is -5.40. The van der Waals surface area contributed by atoms with Gasteiger partial charge in [-0.05, 0) is 119 Å². The third kappa shape index (κ3) is 8.50. The topological polar surface area (TPSA) is 110 Å². The average molecular weight is 939 g/mol. The number of halogens is 3. The molecule has 0 bridgehead atoms. The number of nitrogens with zero attached hydrogens (tertiary/aromatic N) is 4. The Kier molecular flexibility index (Phi) is 12.4. The number of benzene rings is 6. The summed E-state index contributed by atoms with van der Waals surface area (Å²) in [6, 6.07) is 53.7. The summed E-state index contributed by atoms with van der Waals surface area (Å²) >= 11 is 10.0. The highest BCUT2D eigenvalue weighted by atomic mass is 79.9. The number of pyridine rings is 2. The van der Waals surface area contributed by atoms with Gasteiger partial charge in [-0.15, -0.1) is 0 Å². The molecule has 4 heterocycles. The zero-order valence-corrected chi connectivity index (χ0v) is 35.1. The molecule has 0 aliphatic rings. The fourth-order valence-corrected chi connectivity index (χ4v) is 8.36. The highest BCUT2D eigenvalue weighted by molar-refractivity contribution is 9.11. The first-order valence-electron chi connectivity index (χ1n) is 17.8. The minimum atomic E-state index is -1.44. The van der Waals surface area contributed by atoms with Crippen LogP contribution in [0.15, 0.2) is 196 Å². The summed E-state index contributed by atoms with van der Waals surface area (Å²) < 4.78 is 7.49. The molecule has 4 aromatic heterocycles. The van der Waals surface area contributed by atoms with Crippen molar-refractivity contribution in [3.63, 3.8) is 0 Å². The molecule has 4 N–H and O–H groups in total. The molecular weight excluding hydrogens is 905 g/mol. The summed E-state index contributed by atoms with van der Waals surface area (Å²) in [5, 5.41) is 23.5. The second-order valence-electron chi connectivity index (χ2n) is 13.0. The largest absolute Gasteiger partial charge is 0.693 e. The van der Waals surface area contributed by atoms with Gasteiger partial charge >= 0.3 is 7.12 Å². The lowest BCUT2D eigenvalue weighted by Crippen LogP contribution is -2.29. The van der Waals surface area contributed by atoms with Crippen LogP contribution >= 0.6 is 47.8 Å². The van der Waals surface area contributed by atoms with Crippen LogP contribution in [0.2, 0.25) is 0 Å². The van der Waals surface area contributed by atoms with Crippen molar-refractivity contribution in [3.05, 3.63) is 202 Å². The molecule has 10 rings (SSSR count). The zero-order chi connectivity index (χ0) is 38.6. The third-order valence-corrected chi connectivity index (χ3v) is 10.7. The van der Waals surface area contributed by atoms with Gasteiger partial charge in [-0.2, -0.15) is 0 Å². The Morgan fingerprint density at radius 2 is 0.754 bits per heavy atom. The highest BCUT2D eigenvalue weighted by Gasteiger charge is 2.14. The predicted octanol–water partition coefficient (Wildman–Crippen LogP) is 12.4. The number of fused-ring (bicyclic) bond motifs is 6. The van der Waals surface area contributed by atoms with Gasteiger partial charge < -0.3 is 25.3 Å². The third-order valence-electron chi connectivity index (χ3n) is 9.44. The van der Waals surface area contributed by atoms with Crippen LogP contribution in [0.1, 0.15) is 0 Å². The number of hydrogen-bond donors (Lipinski definition) is 2. The van der Waals surface area contributed by atoms with E-state index >= 15 is 0 Å². The maximum Gasteiger partial charge on any atom is 0.488 e. The van der Waals surface area contributed by atoms with Crippen LogP contribution in [-0.2, 0) is 0 Å². The Morgan fingerprint density at radius 1 is 0.404 bits per heavy atom. The predicted molar refractivity (Wildman–Crippen MR) is 247 cm³/mol. The first-order chi connectivity index (χ1) is 27.4. The van der Waals surface area contributed by atoms with E-state index in [0.29, 0.717) is 5.46 Å². The molecule has 11 heteroatoms. The second-order valence-corrected chi connectivity index (χ2v) is 15.7. The van der Waals surface area contributed by atoms with Crippen LogP contribution in [0.5, 0.6) is 0 Å². The van der Waals surface area contributed by atoms with Crippen molar-refractivity contribution < 1.29 is 10.0 Å². The van der Waals surface area contributed by atoms with Crippen molar-refractivity contribution in [2.24, 2.45) is 0 Å². The standard InChI is InChI=1S/C23H15BrN2.C18H14BNO2.C5H3Br2N.H2N/c24-18-13-17(14-25-15-18)16-9-11-19(12-10-16)26-22-7-3-1-5-20(22)21-6-2-4-8-23(21)26;21-19(22)13-9-11-14(12-10-13)20-17-7-3-1-5-15(17)16-6-2-4-8-18(16)20;6-4-1-5(7)3-8-2-4;/h1-15H;1-12,21-22H;1-3H;1H2/q;;;-1. The number of nitrogens with two attached hydrogens (primary N) is 1. The van der Waals surface area contributed by atoms with Gasteiger partial charge in [-0.25, -0.2) is 0 Å². The Labute approximate surface area is 355 Å². The summed E-state index contributed by atoms with van der Waals surface area (Å²) in [6.45, 7) is 0. The maximum atomic E-state index is 9.24. The van der Waals surface area contributed by atoms with E-state index in [1.807, 2.05) is 48.7 Å². The second kappa shape index (κ2) is 17.8. The lowest BCUT2D eigenvalue weighted by molar-refractivity contribution is 0.426. The number of para-hydroxylation sites is 4. The van der Waals surface area contributed by atoms with Gasteiger partial charge in [0, 0.05) is 76.7 Å². The number of rotatable bonds is 4. The minimum absolute atomic E-state index is 0. The van der Waals surface area contributed by atoms with E-state index in [2.05, 4.69) is 170 Å². The molecule has 0 unspecified atom stereocenters. The SMILES string of the molecule is Brc1cncc(-c2ccc(-n3c4ccccc4c4ccccc43)cc2)c1.Brc1cncc(Br)c1.OB(O)c1ccc(-n2c3ccccc3c3ccccc32)cc1.[NH2-]. The van der Waals surface area contributed by atoms with Crippen LogP contribution in [0.25, 0.3) is 72.3 Å². The molecule has 6 aromatic carbocycles. The molecule has 0 fully saturated rings. The van der Waals surface area contributed by atoms with Crippen molar-refractivity contribution >= 4 is 104 Å². The van der Waals surface area contributed by atoms with Gasteiger partial charge in [0.05, 0.1) is 22.1 Å². The van der Waals surface area contributed by atoms with Gasteiger partial charge in [-0.3, -0.25) is 9.97 Å². The number of hydrogen-bond acceptors (Lipinski definition) is 4. The Morgan fingerprint density at radius 3 is 1.11 bits per heavy atom. The molecule has 0 spiro atoms. The molecule has 0 radical (unpaired) electrons. The Balaban J connectivity index is 0.000000145. The highest BCUT2D eigenvalue weighted by Crippen LogP contribution is 2.33. The normalized spacial score (nSPS) is 10.8. The quantitative estimate of drug-likeness (QED) is 0.171. The van der Waals surface area contributed by atoms with Crippen LogP contribution in [0.4, 0.5) is 0 Å². The van der Waals surface area contributed by atoms with Gasteiger partial charge in [-0.1, -0.05) is 97.1 Å². The minimum Gasteiger partial charge on any atom is -0.693 e. The fourth-order valence-electron chi connectivity index (χ4n) is 6.96. The molecular formula is C46H34BBr3N5O2-. The molecule has 10 aromatic rings. The van der Waals surface area contributed by atoms with Crippen molar-refractivity contribution in [1.29, 1.82) is 0 Å². The average Bonchev–Trinajstić information content (AvgIpc) is 3.75. The number of aromatic nitrogens is 4. The van der Waals surface area contributed by atoms with E-state index in [4.69, 9.17) is 0 Å². The molecule has 0 aliphatic carbocycles. The first kappa shape index (κ1) is 39.8. The molecule has 280 valence electrons. The maximum absolute atomic E-state index is 9.24. The molecule has 57 heavy (non-hydrogen) atoms. The molecule has 7 nitrogen and oxygen atoms in total. The van der Waals surface area contributed by atoms with Gasteiger partial charge in [0.25, 0.3) is 0 Å². The summed E-state index contributed by atoms with van der Waals surface area (Å²) in [6.07, 6.45) is 7.17. The van der Waals surface area contributed by atoms with Crippen LogP contribution < -0.4 is 5.46 Å². The van der Waals surface area contributed by atoms with Crippen LogP contribution in [0, 0.1) is 0 Å². The van der Waals surface area contributed by atoms with Crippen LogP contribution in [-0.4, -0.2) is 36.3 Å². The van der Waals surface area contributed by atoms with E-state index < -0.39 is 7.12 Å². The lowest BCUT2D eigenvalue weighted by atomic mass is 9.80. The van der Waals surface area contributed by atoms with E-state index in [1.165, 1.54) is 32.6 Å². The fraction of sp³-hybridized carbons (Fsp3) is 0. The van der Waals surface area contributed by atoms with E-state index in [-0.39, 0.29) is 6.15 Å². The molecule has 0 amide bonds. The van der Waals surface area contributed by atoms with Gasteiger partial charge in [0.15, 0.2) is 0 Å². The summed E-state index contributed by atoms with van der Waals surface area (Å²) in [5.41, 5.74) is 9.65. The molecule has 0 aliphatic heterocycles. The molecule has 0 atom stereocenters. The van der Waals surface area contributed by atoms with Crippen LogP contribution in [0.3, 0.4) is 0 Å². The zero-order valence-electron chi connectivity index (χ0n) is 30.3. The van der Waals surface area contributed by atoms with Crippen molar-refractivity contribution in [2.75, 3.05) is 0 Å².